The molecule has 0 aliphatic rings. The van der Waals surface area contributed by atoms with Gasteiger partial charge in [0.05, 0.1) is 13.2 Å². The third-order valence-electron chi connectivity index (χ3n) is 4.50. The molecular formula is C22H34O6. The van der Waals surface area contributed by atoms with Crippen LogP contribution in [0.25, 0.3) is 0 Å². The largest absolute Gasteiger partial charge is 0.490 e. The quantitative estimate of drug-likeness (QED) is 0.352. The molecule has 2 N–H and O–H groups in total. The van der Waals surface area contributed by atoms with Crippen LogP contribution in [0, 0.1) is 6.92 Å². The monoisotopic (exact) mass is 394 g/mol. The minimum Gasteiger partial charge on any atom is -0.490 e. The van der Waals surface area contributed by atoms with Gasteiger partial charge >= 0.3 is 11.9 Å². The van der Waals surface area contributed by atoms with Crippen LogP contribution in [-0.4, -0.2) is 35.4 Å². The van der Waals surface area contributed by atoms with Crippen molar-refractivity contribution in [1.29, 1.82) is 0 Å². The van der Waals surface area contributed by atoms with E-state index in [0.29, 0.717) is 25.4 Å². The number of aliphatic carboxylic acids is 2. The van der Waals surface area contributed by atoms with Crippen molar-refractivity contribution in [2.45, 2.75) is 77.6 Å². The number of para-hydroxylation sites is 1. The first-order valence-corrected chi connectivity index (χ1v) is 10.3. The van der Waals surface area contributed by atoms with Gasteiger partial charge in [-0.05, 0) is 37.8 Å². The summed E-state index contributed by atoms with van der Waals surface area (Å²) < 4.78 is 11.6. The van der Waals surface area contributed by atoms with E-state index in [1.165, 1.54) is 6.42 Å². The molecule has 1 aromatic rings. The summed E-state index contributed by atoms with van der Waals surface area (Å²) in [6, 6.07) is 5.74. The number of benzene rings is 1. The standard InChI is InChI=1S/C22H34O6/c1-18-12-10-13-19(27-17-11-15-21(25)26)22(18)28-16-9-7-5-3-2-4-6-8-14-20(23)24/h10,12-13H,2-9,11,14-17H2,1H3,(H,23,24)(H,25,26). The second-order valence-corrected chi connectivity index (χ2v) is 7.07. The Balaban J connectivity index is 2.15. The fourth-order valence-electron chi connectivity index (χ4n) is 2.94. The molecule has 0 fully saturated rings. The van der Waals surface area contributed by atoms with E-state index in [4.69, 9.17) is 19.7 Å². The van der Waals surface area contributed by atoms with E-state index >= 15 is 0 Å². The molecule has 0 atom stereocenters. The van der Waals surface area contributed by atoms with Crippen LogP contribution in [-0.2, 0) is 9.59 Å². The van der Waals surface area contributed by atoms with Crippen LogP contribution in [0.4, 0.5) is 0 Å². The maximum Gasteiger partial charge on any atom is 0.303 e. The summed E-state index contributed by atoms with van der Waals surface area (Å²) in [5.74, 6) is -0.102. The lowest BCUT2D eigenvalue weighted by atomic mass is 10.1. The molecule has 6 heteroatoms. The van der Waals surface area contributed by atoms with Gasteiger partial charge in [0.1, 0.15) is 0 Å². The van der Waals surface area contributed by atoms with Crippen LogP contribution >= 0.6 is 0 Å². The van der Waals surface area contributed by atoms with E-state index in [1.807, 2.05) is 25.1 Å². The van der Waals surface area contributed by atoms with Crippen LogP contribution in [0.3, 0.4) is 0 Å². The number of carboxylic acids is 2. The molecule has 158 valence electrons. The molecule has 28 heavy (non-hydrogen) atoms. The molecule has 0 aliphatic heterocycles. The number of hydrogen-bond donors (Lipinski definition) is 2. The van der Waals surface area contributed by atoms with Crippen LogP contribution in [0.1, 0.15) is 76.2 Å². The highest BCUT2D eigenvalue weighted by Gasteiger charge is 2.09. The van der Waals surface area contributed by atoms with Crippen molar-refractivity contribution in [1.82, 2.24) is 0 Å². The highest BCUT2D eigenvalue weighted by Crippen LogP contribution is 2.31. The van der Waals surface area contributed by atoms with Gasteiger partial charge in [-0.2, -0.15) is 0 Å². The minimum absolute atomic E-state index is 0.0988. The summed E-state index contributed by atoms with van der Waals surface area (Å²) in [4.78, 5) is 21.0. The van der Waals surface area contributed by atoms with Crippen molar-refractivity contribution >= 4 is 11.9 Å². The van der Waals surface area contributed by atoms with E-state index in [0.717, 1.165) is 56.3 Å². The van der Waals surface area contributed by atoms with Gasteiger partial charge in [-0.3, -0.25) is 9.59 Å². The third kappa shape index (κ3) is 11.5. The average molecular weight is 395 g/mol. The van der Waals surface area contributed by atoms with Gasteiger partial charge in [0.2, 0.25) is 0 Å². The number of aryl methyl sites for hydroxylation is 1. The normalized spacial score (nSPS) is 10.6. The second-order valence-electron chi connectivity index (χ2n) is 7.07. The van der Waals surface area contributed by atoms with Crippen LogP contribution in [0.2, 0.25) is 0 Å². The first-order chi connectivity index (χ1) is 13.5. The van der Waals surface area contributed by atoms with E-state index in [2.05, 4.69) is 0 Å². The van der Waals surface area contributed by atoms with E-state index < -0.39 is 11.9 Å². The molecule has 0 bridgehead atoms. The lowest BCUT2D eigenvalue weighted by molar-refractivity contribution is -0.138. The zero-order chi connectivity index (χ0) is 20.6. The van der Waals surface area contributed by atoms with Gasteiger partial charge < -0.3 is 19.7 Å². The molecule has 1 aromatic carbocycles. The maximum atomic E-state index is 10.6. The van der Waals surface area contributed by atoms with Gasteiger partial charge in [-0.15, -0.1) is 0 Å². The van der Waals surface area contributed by atoms with E-state index in [9.17, 15) is 9.59 Å². The molecule has 0 spiro atoms. The lowest BCUT2D eigenvalue weighted by Crippen LogP contribution is -2.05. The Hall–Kier alpha value is -2.24. The lowest BCUT2D eigenvalue weighted by Gasteiger charge is -2.15. The number of carbonyl (C=O) groups is 2. The Kier molecular flexibility index (Phi) is 12.6. The molecule has 0 saturated heterocycles. The summed E-state index contributed by atoms with van der Waals surface area (Å²) in [6.07, 6.45) is 9.31. The molecular weight excluding hydrogens is 360 g/mol. The Morgan fingerprint density at radius 2 is 1.29 bits per heavy atom. The molecule has 0 aliphatic carbocycles. The molecule has 0 heterocycles. The van der Waals surface area contributed by atoms with Gasteiger partial charge in [0.15, 0.2) is 11.5 Å². The maximum absolute atomic E-state index is 10.6. The predicted molar refractivity (Wildman–Crippen MR) is 108 cm³/mol. The zero-order valence-electron chi connectivity index (χ0n) is 17.0. The molecule has 1 rings (SSSR count). The SMILES string of the molecule is Cc1cccc(OCCCC(=O)O)c1OCCCCCCCCCCC(=O)O. The molecule has 0 saturated carbocycles. The Labute approximate surface area is 167 Å². The van der Waals surface area contributed by atoms with E-state index in [1.54, 1.807) is 0 Å². The van der Waals surface area contributed by atoms with Crippen molar-refractivity contribution in [2.24, 2.45) is 0 Å². The molecule has 6 nitrogen and oxygen atoms in total. The number of hydrogen-bond acceptors (Lipinski definition) is 4. The topological polar surface area (TPSA) is 93.1 Å². The van der Waals surface area contributed by atoms with Gasteiger partial charge in [0.25, 0.3) is 0 Å². The summed E-state index contributed by atoms with van der Waals surface area (Å²) in [7, 11) is 0. The van der Waals surface area contributed by atoms with Crippen molar-refractivity contribution in [2.75, 3.05) is 13.2 Å². The number of ether oxygens (including phenoxy) is 2. The van der Waals surface area contributed by atoms with Crippen molar-refractivity contribution in [3.63, 3.8) is 0 Å². The van der Waals surface area contributed by atoms with Crippen LogP contribution < -0.4 is 9.47 Å². The fourth-order valence-corrected chi connectivity index (χ4v) is 2.94. The fraction of sp³-hybridized carbons (Fsp3) is 0.636. The second kappa shape index (κ2) is 14.8. The molecule has 0 unspecified atom stereocenters. The molecule has 0 radical (unpaired) electrons. The first-order valence-electron chi connectivity index (χ1n) is 10.3. The van der Waals surface area contributed by atoms with Crippen molar-refractivity contribution < 1.29 is 29.3 Å². The Bertz CT molecular complexity index is 584. The predicted octanol–water partition coefficient (Wildman–Crippen LogP) is 5.21. The Morgan fingerprint density at radius 3 is 1.93 bits per heavy atom. The highest BCUT2D eigenvalue weighted by molar-refractivity contribution is 5.66. The smallest absolute Gasteiger partial charge is 0.303 e. The summed E-state index contributed by atoms with van der Waals surface area (Å²) in [5, 5.41) is 17.3. The number of rotatable bonds is 17. The van der Waals surface area contributed by atoms with Crippen LogP contribution in [0.15, 0.2) is 18.2 Å². The zero-order valence-corrected chi connectivity index (χ0v) is 17.0. The minimum atomic E-state index is -0.815. The summed E-state index contributed by atoms with van der Waals surface area (Å²) in [6.45, 7) is 2.97. The van der Waals surface area contributed by atoms with E-state index in [-0.39, 0.29) is 12.8 Å². The average Bonchev–Trinajstić information content (AvgIpc) is 2.64. The van der Waals surface area contributed by atoms with Gasteiger partial charge in [-0.1, -0.05) is 50.7 Å². The van der Waals surface area contributed by atoms with Gasteiger partial charge in [-0.25, -0.2) is 0 Å². The Morgan fingerprint density at radius 1 is 0.750 bits per heavy atom. The number of unbranched alkanes of at least 4 members (excludes halogenated alkanes) is 7. The van der Waals surface area contributed by atoms with Crippen molar-refractivity contribution in [3.05, 3.63) is 23.8 Å². The third-order valence-corrected chi connectivity index (χ3v) is 4.50. The molecule has 0 amide bonds. The molecule has 0 aromatic heterocycles. The summed E-state index contributed by atoms with van der Waals surface area (Å²) in [5.41, 5.74) is 1.01. The van der Waals surface area contributed by atoms with Gasteiger partial charge in [0, 0.05) is 12.8 Å². The van der Waals surface area contributed by atoms with Crippen LogP contribution in [0.5, 0.6) is 11.5 Å². The first kappa shape index (κ1) is 23.8. The summed E-state index contributed by atoms with van der Waals surface area (Å²) >= 11 is 0. The highest BCUT2D eigenvalue weighted by atomic mass is 16.5. The van der Waals surface area contributed by atoms with Crippen molar-refractivity contribution in [3.8, 4) is 11.5 Å². The number of carboxylic acid groups (broad SMARTS) is 2.